The first-order chi connectivity index (χ1) is 9.69. The van der Waals surface area contributed by atoms with E-state index in [0.717, 1.165) is 49.2 Å². The van der Waals surface area contributed by atoms with E-state index in [9.17, 15) is 0 Å². The van der Waals surface area contributed by atoms with Crippen molar-refractivity contribution < 1.29 is 0 Å². The van der Waals surface area contributed by atoms with Crippen molar-refractivity contribution in [2.24, 2.45) is 5.73 Å². The summed E-state index contributed by atoms with van der Waals surface area (Å²) in [5.74, 6) is 1.78. The lowest BCUT2D eigenvalue weighted by molar-refractivity contribution is 0.376. The summed E-state index contributed by atoms with van der Waals surface area (Å²) >= 11 is 6.15. The number of hydrogen-bond donors (Lipinski definition) is 1. The molecule has 1 aliphatic rings. The second-order valence-corrected chi connectivity index (χ2v) is 6.30. The van der Waals surface area contributed by atoms with Gasteiger partial charge in [-0.2, -0.15) is 0 Å². The molecule has 0 atom stereocenters. The van der Waals surface area contributed by atoms with Crippen molar-refractivity contribution in [2.45, 2.75) is 57.5 Å². The van der Waals surface area contributed by atoms with Gasteiger partial charge in [0.25, 0.3) is 0 Å². The van der Waals surface area contributed by atoms with Gasteiger partial charge in [0.05, 0.1) is 11.0 Å². The number of halogens is 1. The molecule has 0 aliphatic heterocycles. The third-order valence-corrected chi connectivity index (χ3v) is 4.56. The molecule has 1 aromatic heterocycles. The lowest BCUT2D eigenvalue weighted by Crippen LogP contribution is -2.26. The second kappa shape index (κ2) is 5.74. The summed E-state index contributed by atoms with van der Waals surface area (Å²) in [6, 6.07) is 6.37. The Kier molecular flexibility index (Phi) is 3.99. The molecule has 2 aromatic rings. The van der Waals surface area contributed by atoms with Crippen LogP contribution in [0.15, 0.2) is 18.2 Å². The Bertz CT molecular complexity index is 597. The quantitative estimate of drug-likeness (QED) is 0.926. The highest BCUT2D eigenvalue weighted by atomic mass is 35.5. The SMILES string of the molecule is CCCn1c(C2CCC(N)CC2)nc2ccc(Cl)cc21. The minimum Gasteiger partial charge on any atom is -0.328 e. The van der Waals surface area contributed by atoms with Gasteiger partial charge in [-0.15, -0.1) is 0 Å². The molecule has 3 nitrogen and oxygen atoms in total. The molecule has 0 radical (unpaired) electrons. The Morgan fingerprint density at radius 3 is 2.75 bits per heavy atom. The van der Waals surface area contributed by atoms with Gasteiger partial charge in [-0.25, -0.2) is 4.98 Å². The zero-order valence-corrected chi connectivity index (χ0v) is 12.7. The Labute approximate surface area is 125 Å². The van der Waals surface area contributed by atoms with Crippen LogP contribution in [-0.4, -0.2) is 15.6 Å². The zero-order valence-electron chi connectivity index (χ0n) is 12.0. The number of aromatic nitrogens is 2. The fraction of sp³-hybridized carbons (Fsp3) is 0.562. The van der Waals surface area contributed by atoms with Crippen LogP contribution in [0, 0.1) is 0 Å². The third-order valence-electron chi connectivity index (χ3n) is 4.32. The van der Waals surface area contributed by atoms with E-state index in [4.69, 9.17) is 22.3 Å². The Morgan fingerprint density at radius 1 is 1.30 bits per heavy atom. The first-order valence-corrected chi connectivity index (χ1v) is 7.98. The Balaban J connectivity index is 2.02. The number of fused-ring (bicyclic) bond motifs is 1. The molecule has 1 aliphatic carbocycles. The fourth-order valence-corrected chi connectivity index (χ4v) is 3.43. The van der Waals surface area contributed by atoms with Gasteiger partial charge in [0.2, 0.25) is 0 Å². The number of aryl methyl sites for hydroxylation is 1. The normalized spacial score (nSPS) is 23.4. The van der Waals surface area contributed by atoms with Crippen LogP contribution in [-0.2, 0) is 6.54 Å². The first kappa shape index (κ1) is 13.9. The third kappa shape index (κ3) is 2.57. The summed E-state index contributed by atoms with van der Waals surface area (Å²) in [5, 5.41) is 0.784. The van der Waals surface area contributed by atoms with E-state index >= 15 is 0 Å². The van der Waals surface area contributed by atoms with Gasteiger partial charge in [-0.05, 0) is 50.3 Å². The van der Waals surface area contributed by atoms with Gasteiger partial charge in [0.15, 0.2) is 0 Å². The molecule has 1 aromatic carbocycles. The second-order valence-electron chi connectivity index (χ2n) is 5.87. The van der Waals surface area contributed by atoms with Crippen LogP contribution in [0.5, 0.6) is 0 Å². The van der Waals surface area contributed by atoms with Gasteiger partial charge in [-0.3, -0.25) is 0 Å². The molecule has 0 amide bonds. The number of nitrogens with zero attached hydrogens (tertiary/aromatic N) is 2. The molecule has 1 saturated carbocycles. The fourth-order valence-electron chi connectivity index (χ4n) is 3.26. The van der Waals surface area contributed by atoms with E-state index in [-0.39, 0.29) is 0 Å². The maximum Gasteiger partial charge on any atom is 0.112 e. The average molecular weight is 292 g/mol. The van der Waals surface area contributed by atoms with Crippen LogP contribution in [0.3, 0.4) is 0 Å². The van der Waals surface area contributed by atoms with E-state index in [1.165, 1.54) is 11.3 Å². The monoisotopic (exact) mass is 291 g/mol. The highest BCUT2D eigenvalue weighted by Crippen LogP contribution is 2.34. The molecular formula is C16H22ClN3. The van der Waals surface area contributed by atoms with Crippen molar-refractivity contribution in [3.05, 3.63) is 29.0 Å². The average Bonchev–Trinajstić information content (AvgIpc) is 2.79. The molecule has 0 unspecified atom stereocenters. The molecular weight excluding hydrogens is 270 g/mol. The number of imidazole rings is 1. The van der Waals surface area contributed by atoms with Gasteiger partial charge in [0, 0.05) is 23.5 Å². The molecule has 0 spiro atoms. The maximum atomic E-state index is 6.15. The largest absolute Gasteiger partial charge is 0.328 e. The smallest absolute Gasteiger partial charge is 0.112 e. The van der Waals surface area contributed by atoms with Gasteiger partial charge in [-0.1, -0.05) is 18.5 Å². The van der Waals surface area contributed by atoms with Crippen LogP contribution >= 0.6 is 11.6 Å². The predicted octanol–water partition coefficient (Wildman–Crippen LogP) is 4.08. The van der Waals surface area contributed by atoms with Crippen molar-refractivity contribution in [1.29, 1.82) is 0 Å². The predicted molar refractivity (Wildman–Crippen MR) is 84.2 cm³/mol. The summed E-state index contributed by atoms with van der Waals surface area (Å²) in [6.07, 6.45) is 5.64. The van der Waals surface area contributed by atoms with E-state index in [1.807, 2.05) is 18.2 Å². The van der Waals surface area contributed by atoms with Crippen molar-refractivity contribution in [3.63, 3.8) is 0 Å². The molecule has 2 N–H and O–H groups in total. The number of nitrogens with two attached hydrogens (primary N) is 1. The van der Waals surface area contributed by atoms with Gasteiger partial charge < -0.3 is 10.3 Å². The van der Waals surface area contributed by atoms with Crippen molar-refractivity contribution >= 4 is 22.6 Å². The van der Waals surface area contributed by atoms with Crippen LogP contribution < -0.4 is 5.73 Å². The van der Waals surface area contributed by atoms with E-state index in [2.05, 4.69) is 11.5 Å². The van der Waals surface area contributed by atoms with Gasteiger partial charge >= 0.3 is 0 Å². The van der Waals surface area contributed by atoms with Crippen LogP contribution in [0.1, 0.15) is 50.8 Å². The van der Waals surface area contributed by atoms with Crippen molar-refractivity contribution in [1.82, 2.24) is 9.55 Å². The molecule has 0 saturated heterocycles. The van der Waals surface area contributed by atoms with E-state index in [1.54, 1.807) is 0 Å². The van der Waals surface area contributed by atoms with Gasteiger partial charge in [0.1, 0.15) is 5.82 Å². The molecule has 3 rings (SSSR count). The number of hydrogen-bond acceptors (Lipinski definition) is 2. The molecule has 108 valence electrons. The summed E-state index contributed by atoms with van der Waals surface area (Å²) in [6.45, 7) is 3.21. The Morgan fingerprint density at radius 2 is 2.05 bits per heavy atom. The Hall–Kier alpha value is -1.06. The standard InChI is InChI=1S/C16H22ClN3/c1-2-9-20-15-10-12(17)5-8-14(15)19-16(20)11-3-6-13(18)7-4-11/h5,8,10-11,13H,2-4,6-7,9,18H2,1H3. The zero-order chi connectivity index (χ0) is 14.1. The summed E-state index contributed by atoms with van der Waals surface area (Å²) < 4.78 is 2.36. The maximum absolute atomic E-state index is 6.15. The first-order valence-electron chi connectivity index (χ1n) is 7.60. The molecule has 20 heavy (non-hydrogen) atoms. The molecule has 0 bridgehead atoms. The van der Waals surface area contributed by atoms with E-state index < -0.39 is 0 Å². The lowest BCUT2D eigenvalue weighted by atomic mass is 9.86. The topological polar surface area (TPSA) is 43.8 Å². The van der Waals surface area contributed by atoms with Crippen LogP contribution in [0.2, 0.25) is 5.02 Å². The number of benzene rings is 1. The van der Waals surface area contributed by atoms with Crippen LogP contribution in [0.4, 0.5) is 0 Å². The summed E-state index contributed by atoms with van der Waals surface area (Å²) in [7, 11) is 0. The highest BCUT2D eigenvalue weighted by Gasteiger charge is 2.25. The van der Waals surface area contributed by atoms with E-state index in [0.29, 0.717) is 12.0 Å². The minimum absolute atomic E-state index is 0.379. The minimum atomic E-state index is 0.379. The molecule has 1 fully saturated rings. The lowest BCUT2D eigenvalue weighted by Gasteiger charge is -2.26. The molecule has 1 heterocycles. The highest BCUT2D eigenvalue weighted by molar-refractivity contribution is 6.31. The number of rotatable bonds is 3. The van der Waals surface area contributed by atoms with Crippen LogP contribution in [0.25, 0.3) is 11.0 Å². The summed E-state index contributed by atoms with van der Waals surface area (Å²) in [5.41, 5.74) is 8.26. The molecule has 4 heteroatoms. The van der Waals surface area contributed by atoms with Crippen molar-refractivity contribution in [3.8, 4) is 0 Å². The summed E-state index contributed by atoms with van der Waals surface area (Å²) in [4.78, 5) is 4.88. The van der Waals surface area contributed by atoms with Crippen molar-refractivity contribution in [2.75, 3.05) is 0 Å².